The monoisotopic (exact) mass is 467 g/mol. The molecule has 0 bridgehead atoms. The number of benzene rings is 3. The second-order valence-electron chi connectivity index (χ2n) is 9.08. The summed E-state index contributed by atoms with van der Waals surface area (Å²) < 4.78 is 2.53. The average molecular weight is 468 g/mol. The highest BCUT2D eigenvalue weighted by atomic mass is 32.1. The number of fused-ring (bicyclic) bond motifs is 5. The molecule has 34 heavy (non-hydrogen) atoms. The largest absolute Gasteiger partial charge is 0.365 e. The SMILES string of the molecule is Cc1cccc(N2CCN(C(=O)c3ccc4c(c3)[nH]c(=S)n3c5ccccc5nc43)CC2C)c1. The summed E-state index contributed by atoms with van der Waals surface area (Å²) in [5.74, 6) is 0.0466. The Bertz CT molecular complexity index is 1640. The molecule has 0 radical (unpaired) electrons. The first-order valence-corrected chi connectivity index (χ1v) is 12.0. The van der Waals surface area contributed by atoms with Gasteiger partial charge in [0.25, 0.3) is 5.91 Å². The number of imidazole rings is 1. The quantitative estimate of drug-likeness (QED) is 0.355. The Morgan fingerprint density at radius 2 is 1.91 bits per heavy atom. The Balaban J connectivity index is 1.31. The lowest BCUT2D eigenvalue weighted by Gasteiger charge is -2.41. The molecule has 3 heterocycles. The molecule has 7 heteroatoms. The van der Waals surface area contributed by atoms with Gasteiger partial charge in [-0.3, -0.25) is 9.20 Å². The number of piperazine rings is 1. The summed E-state index contributed by atoms with van der Waals surface area (Å²) in [6.07, 6.45) is 0. The molecule has 0 saturated carbocycles. The highest BCUT2D eigenvalue weighted by Crippen LogP contribution is 2.26. The molecule has 1 atom stereocenters. The number of aryl methyl sites for hydroxylation is 1. The van der Waals surface area contributed by atoms with Gasteiger partial charge in [-0.1, -0.05) is 24.3 Å². The first-order chi connectivity index (χ1) is 16.5. The number of nitrogens with zero attached hydrogens (tertiary/aromatic N) is 4. The van der Waals surface area contributed by atoms with E-state index in [1.807, 2.05) is 51.8 Å². The van der Waals surface area contributed by atoms with Crippen LogP contribution in [0.25, 0.3) is 27.6 Å². The van der Waals surface area contributed by atoms with E-state index >= 15 is 0 Å². The van der Waals surface area contributed by atoms with Gasteiger partial charge < -0.3 is 14.8 Å². The summed E-state index contributed by atoms with van der Waals surface area (Å²) in [5.41, 5.74) is 6.63. The molecule has 1 N–H and O–H groups in total. The number of nitrogens with one attached hydrogen (secondary N) is 1. The summed E-state index contributed by atoms with van der Waals surface area (Å²) >= 11 is 5.65. The van der Waals surface area contributed by atoms with E-state index in [-0.39, 0.29) is 11.9 Å². The van der Waals surface area contributed by atoms with Crippen molar-refractivity contribution in [3.05, 3.63) is 82.6 Å². The number of carbonyl (C=O) groups excluding carboxylic acids is 1. The fourth-order valence-corrected chi connectivity index (χ4v) is 5.37. The first-order valence-electron chi connectivity index (χ1n) is 11.6. The molecule has 1 fully saturated rings. The zero-order valence-corrected chi connectivity index (χ0v) is 20.0. The van der Waals surface area contributed by atoms with Crippen LogP contribution in [0.5, 0.6) is 0 Å². The third-order valence-corrected chi connectivity index (χ3v) is 7.05. The van der Waals surface area contributed by atoms with E-state index in [1.165, 1.54) is 11.3 Å². The second kappa shape index (κ2) is 7.95. The molecular weight excluding hydrogens is 442 g/mol. The highest BCUT2D eigenvalue weighted by molar-refractivity contribution is 7.71. The van der Waals surface area contributed by atoms with Crippen LogP contribution in [0.3, 0.4) is 0 Å². The number of H-pyrrole nitrogens is 1. The Labute approximate surface area is 202 Å². The fraction of sp³-hybridized carbons (Fsp3) is 0.222. The summed E-state index contributed by atoms with van der Waals surface area (Å²) in [5, 5.41) is 0.944. The Morgan fingerprint density at radius 1 is 1.06 bits per heavy atom. The van der Waals surface area contributed by atoms with Crippen LogP contribution in [0.15, 0.2) is 66.7 Å². The number of aromatic amines is 1. The molecule has 1 unspecified atom stereocenters. The molecular formula is C27H25N5OS. The van der Waals surface area contributed by atoms with Gasteiger partial charge in [0, 0.05) is 42.3 Å². The maximum absolute atomic E-state index is 13.4. The van der Waals surface area contributed by atoms with Gasteiger partial charge in [0.15, 0.2) is 4.77 Å². The molecule has 2 aromatic heterocycles. The lowest BCUT2D eigenvalue weighted by Crippen LogP contribution is -2.53. The topological polar surface area (TPSA) is 56.6 Å². The number of hydrogen-bond acceptors (Lipinski definition) is 4. The molecule has 1 saturated heterocycles. The smallest absolute Gasteiger partial charge is 0.254 e. The first kappa shape index (κ1) is 20.9. The minimum atomic E-state index is 0.0466. The van der Waals surface area contributed by atoms with Gasteiger partial charge in [0.05, 0.1) is 16.6 Å². The van der Waals surface area contributed by atoms with Crippen molar-refractivity contribution >= 4 is 51.4 Å². The van der Waals surface area contributed by atoms with Gasteiger partial charge >= 0.3 is 0 Å². The van der Waals surface area contributed by atoms with E-state index in [0.29, 0.717) is 23.4 Å². The maximum atomic E-state index is 13.4. The van der Waals surface area contributed by atoms with Crippen molar-refractivity contribution in [3.8, 4) is 0 Å². The number of rotatable bonds is 2. The van der Waals surface area contributed by atoms with E-state index in [2.05, 4.69) is 48.0 Å². The minimum absolute atomic E-state index is 0.0466. The van der Waals surface area contributed by atoms with Gasteiger partial charge in [-0.15, -0.1) is 0 Å². The Hall–Kier alpha value is -3.71. The molecule has 6 nitrogen and oxygen atoms in total. The van der Waals surface area contributed by atoms with Gasteiger partial charge in [0.1, 0.15) is 5.65 Å². The molecule has 0 aliphatic carbocycles. The Morgan fingerprint density at radius 3 is 2.74 bits per heavy atom. The molecule has 5 aromatic rings. The number of para-hydroxylation sites is 2. The van der Waals surface area contributed by atoms with Crippen LogP contribution in [0.1, 0.15) is 22.8 Å². The lowest BCUT2D eigenvalue weighted by atomic mass is 10.1. The van der Waals surface area contributed by atoms with Gasteiger partial charge in [-0.25, -0.2) is 4.98 Å². The van der Waals surface area contributed by atoms with Gasteiger partial charge in [0.2, 0.25) is 0 Å². The third-order valence-electron chi connectivity index (χ3n) is 6.76. The van der Waals surface area contributed by atoms with Crippen LogP contribution >= 0.6 is 12.2 Å². The summed E-state index contributed by atoms with van der Waals surface area (Å²) in [4.78, 5) is 25.9. The molecule has 170 valence electrons. The van der Waals surface area contributed by atoms with Crippen molar-refractivity contribution in [3.63, 3.8) is 0 Å². The van der Waals surface area contributed by atoms with Crippen LogP contribution in [-0.4, -0.2) is 50.9 Å². The van der Waals surface area contributed by atoms with Crippen molar-refractivity contribution in [1.82, 2.24) is 19.3 Å². The molecule has 3 aromatic carbocycles. The lowest BCUT2D eigenvalue weighted by molar-refractivity contribution is 0.0726. The van der Waals surface area contributed by atoms with Crippen molar-refractivity contribution in [1.29, 1.82) is 0 Å². The third kappa shape index (κ3) is 3.35. The number of hydrogen-bond donors (Lipinski definition) is 1. The predicted octanol–water partition coefficient (Wildman–Crippen LogP) is 5.36. The number of amides is 1. The van der Waals surface area contributed by atoms with Crippen molar-refractivity contribution in [2.24, 2.45) is 0 Å². The minimum Gasteiger partial charge on any atom is -0.365 e. The van der Waals surface area contributed by atoms with Crippen molar-refractivity contribution in [2.45, 2.75) is 19.9 Å². The zero-order valence-electron chi connectivity index (χ0n) is 19.2. The summed E-state index contributed by atoms with van der Waals surface area (Å²) in [7, 11) is 0. The fourth-order valence-electron chi connectivity index (χ4n) is 5.07. The Kier molecular flexibility index (Phi) is 4.88. The number of anilines is 1. The molecule has 0 spiro atoms. The van der Waals surface area contributed by atoms with Crippen LogP contribution in [0.2, 0.25) is 0 Å². The highest BCUT2D eigenvalue weighted by Gasteiger charge is 2.28. The zero-order chi connectivity index (χ0) is 23.4. The molecule has 6 rings (SSSR count). The standard InChI is InChI=1S/C27H25N5OS/c1-17-6-5-7-20(14-17)31-13-12-30(16-18(31)2)26(33)19-10-11-21-23(15-19)29-27(34)32-24-9-4-3-8-22(24)28-25(21)32/h3-11,14-15,18H,12-13,16H2,1-2H3,(H,29,34). The van der Waals surface area contributed by atoms with Crippen molar-refractivity contribution in [2.75, 3.05) is 24.5 Å². The predicted molar refractivity (Wildman–Crippen MR) is 139 cm³/mol. The van der Waals surface area contributed by atoms with Crippen LogP contribution in [0, 0.1) is 11.7 Å². The van der Waals surface area contributed by atoms with Crippen LogP contribution < -0.4 is 4.90 Å². The number of aromatic nitrogens is 3. The van der Waals surface area contributed by atoms with E-state index in [0.717, 1.165) is 34.1 Å². The van der Waals surface area contributed by atoms with E-state index < -0.39 is 0 Å². The maximum Gasteiger partial charge on any atom is 0.254 e. The second-order valence-corrected chi connectivity index (χ2v) is 9.47. The summed E-state index contributed by atoms with van der Waals surface area (Å²) in [6, 6.07) is 22.5. The van der Waals surface area contributed by atoms with E-state index in [1.54, 1.807) is 0 Å². The van der Waals surface area contributed by atoms with E-state index in [4.69, 9.17) is 17.2 Å². The number of carbonyl (C=O) groups is 1. The van der Waals surface area contributed by atoms with E-state index in [9.17, 15) is 4.79 Å². The summed E-state index contributed by atoms with van der Waals surface area (Å²) in [6.45, 7) is 6.48. The van der Waals surface area contributed by atoms with Crippen LogP contribution in [0.4, 0.5) is 5.69 Å². The van der Waals surface area contributed by atoms with Crippen LogP contribution in [-0.2, 0) is 0 Å². The molecule has 1 amide bonds. The molecule has 1 aliphatic rings. The normalized spacial score (nSPS) is 16.6. The molecule has 1 aliphatic heterocycles. The van der Waals surface area contributed by atoms with Crippen molar-refractivity contribution < 1.29 is 4.79 Å². The average Bonchev–Trinajstić information content (AvgIpc) is 3.24. The van der Waals surface area contributed by atoms with Gasteiger partial charge in [-0.05, 0) is 74.1 Å². The van der Waals surface area contributed by atoms with Gasteiger partial charge in [-0.2, -0.15) is 0 Å².